The van der Waals surface area contributed by atoms with Crippen LogP contribution in [0.4, 0.5) is 0 Å². The number of furan rings is 1. The lowest BCUT2D eigenvalue weighted by Gasteiger charge is -2.15. The van der Waals surface area contributed by atoms with Crippen LogP contribution in [0.15, 0.2) is 40.8 Å². The summed E-state index contributed by atoms with van der Waals surface area (Å²) in [5.41, 5.74) is 2.10. The van der Waals surface area contributed by atoms with E-state index >= 15 is 0 Å². The summed E-state index contributed by atoms with van der Waals surface area (Å²) in [4.78, 5) is 12.3. The third-order valence-electron chi connectivity index (χ3n) is 3.52. The van der Waals surface area contributed by atoms with E-state index in [0.29, 0.717) is 6.54 Å². The number of aryl methyl sites for hydroxylation is 2. The van der Waals surface area contributed by atoms with Gasteiger partial charge >= 0.3 is 0 Å². The highest BCUT2D eigenvalue weighted by atomic mass is 16.3. The van der Waals surface area contributed by atoms with E-state index in [1.54, 1.807) is 0 Å². The van der Waals surface area contributed by atoms with Crippen LogP contribution in [0.3, 0.4) is 0 Å². The minimum atomic E-state index is -0.0931. The van der Waals surface area contributed by atoms with Gasteiger partial charge in [0.15, 0.2) is 0 Å². The van der Waals surface area contributed by atoms with Crippen LogP contribution in [0.25, 0.3) is 0 Å². The lowest BCUT2D eigenvalue weighted by atomic mass is 9.95. The molecular formula is C17H21NO2. The zero-order valence-electron chi connectivity index (χ0n) is 12.3. The van der Waals surface area contributed by atoms with Gasteiger partial charge in [-0.05, 0) is 31.9 Å². The Bertz CT molecular complexity index is 572. The molecule has 0 spiro atoms. The van der Waals surface area contributed by atoms with E-state index in [0.717, 1.165) is 29.1 Å². The molecule has 1 aromatic carbocycles. The van der Waals surface area contributed by atoms with Crippen molar-refractivity contribution in [1.82, 2.24) is 5.32 Å². The van der Waals surface area contributed by atoms with Crippen molar-refractivity contribution < 1.29 is 9.21 Å². The van der Waals surface area contributed by atoms with Crippen molar-refractivity contribution in [2.75, 3.05) is 0 Å². The molecule has 0 unspecified atom stereocenters. The maximum Gasteiger partial charge on any atom is 0.227 e. The van der Waals surface area contributed by atoms with Crippen molar-refractivity contribution >= 4 is 5.91 Å². The van der Waals surface area contributed by atoms with Gasteiger partial charge in [-0.25, -0.2) is 0 Å². The number of rotatable bonds is 5. The zero-order valence-corrected chi connectivity index (χ0v) is 12.3. The van der Waals surface area contributed by atoms with Gasteiger partial charge in [0.05, 0.1) is 5.92 Å². The molecular weight excluding hydrogens is 250 g/mol. The molecule has 3 heteroatoms. The summed E-state index contributed by atoms with van der Waals surface area (Å²) in [6, 6.07) is 11.9. The highest BCUT2D eigenvalue weighted by Gasteiger charge is 2.18. The number of carbonyl (C=O) groups is 1. The van der Waals surface area contributed by atoms with Crippen LogP contribution in [0.1, 0.15) is 41.9 Å². The molecule has 0 saturated heterocycles. The highest BCUT2D eigenvalue weighted by molar-refractivity contribution is 5.83. The molecule has 1 aromatic heterocycles. The van der Waals surface area contributed by atoms with Crippen LogP contribution in [-0.4, -0.2) is 5.91 Å². The Morgan fingerprint density at radius 3 is 2.50 bits per heavy atom. The first-order valence-electron chi connectivity index (χ1n) is 7.00. The van der Waals surface area contributed by atoms with E-state index in [1.807, 2.05) is 57.2 Å². The topological polar surface area (TPSA) is 42.2 Å². The molecule has 0 aliphatic heterocycles. The maximum atomic E-state index is 12.3. The Balaban J connectivity index is 2.02. The van der Waals surface area contributed by atoms with Crippen LogP contribution in [0.2, 0.25) is 0 Å². The van der Waals surface area contributed by atoms with Crippen LogP contribution >= 0.6 is 0 Å². The number of nitrogens with one attached hydrogen (secondary N) is 1. The maximum absolute atomic E-state index is 12.3. The molecule has 1 atom stereocenters. The van der Waals surface area contributed by atoms with Gasteiger partial charge in [-0.2, -0.15) is 0 Å². The number of carbonyl (C=O) groups excluding carboxylic acids is 1. The van der Waals surface area contributed by atoms with Gasteiger partial charge in [0.2, 0.25) is 5.91 Å². The Kier molecular flexibility index (Phi) is 4.61. The van der Waals surface area contributed by atoms with Crippen molar-refractivity contribution in [2.45, 2.75) is 39.7 Å². The number of benzene rings is 1. The van der Waals surface area contributed by atoms with E-state index < -0.39 is 0 Å². The molecule has 2 aromatic rings. The minimum absolute atomic E-state index is 0.0666. The minimum Gasteiger partial charge on any atom is -0.466 e. The quantitative estimate of drug-likeness (QED) is 0.900. The van der Waals surface area contributed by atoms with Crippen LogP contribution in [-0.2, 0) is 11.3 Å². The monoisotopic (exact) mass is 271 g/mol. The fraction of sp³-hybridized carbons (Fsp3) is 0.353. The zero-order chi connectivity index (χ0) is 14.5. The molecule has 3 nitrogen and oxygen atoms in total. The van der Waals surface area contributed by atoms with Gasteiger partial charge in [-0.1, -0.05) is 37.3 Å². The summed E-state index contributed by atoms with van der Waals surface area (Å²) < 4.78 is 5.47. The molecule has 2 rings (SSSR count). The molecule has 20 heavy (non-hydrogen) atoms. The van der Waals surface area contributed by atoms with Gasteiger partial charge < -0.3 is 9.73 Å². The van der Waals surface area contributed by atoms with Crippen LogP contribution < -0.4 is 5.32 Å². The Morgan fingerprint density at radius 1 is 1.25 bits per heavy atom. The summed E-state index contributed by atoms with van der Waals surface area (Å²) in [6.45, 7) is 6.38. The van der Waals surface area contributed by atoms with Gasteiger partial charge in [0.25, 0.3) is 0 Å². The largest absolute Gasteiger partial charge is 0.466 e. The number of hydrogen-bond acceptors (Lipinski definition) is 2. The second-order valence-corrected chi connectivity index (χ2v) is 5.03. The molecule has 1 N–H and O–H groups in total. The molecule has 1 heterocycles. The molecule has 0 aliphatic rings. The van der Waals surface area contributed by atoms with E-state index in [4.69, 9.17) is 4.42 Å². The molecule has 0 fully saturated rings. The molecule has 0 bridgehead atoms. The lowest BCUT2D eigenvalue weighted by molar-refractivity contribution is -0.122. The van der Waals surface area contributed by atoms with E-state index in [2.05, 4.69) is 5.32 Å². The van der Waals surface area contributed by atoms with Crippen molar-refractivity contribution in [3.63, 3.8) is 0 Å². The average molecular weight is 271 g/mol. The first-order valence-corrected chi connectivity index (χ1v) is 7.00. The third-order valence-corrected chi connectivity index (χ3v) is 3.52. The van der Waals surface area contributed by atoms with Crippen molar-refractivity contribution in [1.29, 1.82) is 0 Å². The third kappa shape index (κ3) is 3.29. The van der Waals surface area contributed by atoms with Crippen LogP contribution in [0.5, 0.6) is 0 Å². The standard InChI is InChI=1S/C17H21NO2/c1-4-16(14-8-6-5-7-9-14)17(19)18-11-15-10-12(2)20-13(15)3/h5-10,16H,4,11H2,1-3H3,(H,18,19)/t16-/m1/s1. The fourth-order valence-corrected chi connectivity index (χ4v) is 2.42. The second-order valence-electron chi connectivity index (χ2n) is 5.03. The average Bonchev–Trinajstić information content (AvgIpc) is 2.77. The first kappa shape index (κ1) is 14.4. The van der Waals surface area contributed by atoms with E-state index in [-0.39, 0.29) is 11.8 Å². The lowest BCUT2D eigenvalue weighted by Crippen LogP contribution is -2.28. The van der Waals surface area contributed by atoms with Gasteiger partial charge in [0.1, 0.15) is 11.5 Å². The Hall–Kier alpha value is -2.03. The SMILES string of the molecule is CC[C@@H](C(=O)NCc1cc(C)oc1C)c1ccccc1. The Labute approximate surface area is 120 Å². The van der Waals surface area contributed by atoms with E-state index in [1.165, 1.54) is 0 Å². The summed E-state index contributed by atoms with van der Waals surface area (Å²) in [5, 5.41) is 3.00. The number of amides is 1. The highest BCUT2D eigenvalue weighted by Crippen LogP contribution is 2.20. The summed E-state index contributed by atoms with van der Waals surface area (Å²) in [5.74, 6) is 1.72. The smallest absolute Gasteiger partial charge is 0.227 e. The van der Waals surface area contributed by atoms with E-state index in [9.17, 15) is 4.79 Å². The number of hydrogen-bond donors (Lipinski definition) is 1. The fourth-order valence-electron chi connectivity index (χ4n) is 2.42. The summed E-state index contributed by atoms with van der Waals surface area (Å²) in [7, 11) is 0. The molecule has 0 radical (unpaired) electrons. The van der Waals surface area contributed by atoms with Crippen molar-refractivity contribution in [3.8, 4) is 0 Å². The predicted molar refractivity (Wildman–Crippen MR) is 79.5 cm³/mol. The first-order chi connectivity index (χ1) is 9.61. The van der Waals surface area contributed by atoms with Gasteiger partial charge in [-0.15, -0.1) is 0 Å². The Morgan fingerprint density at radius 2 is 1.95 bits per heavy atom. The normalized spacial score (nSPS) is 12.2. The molecule has 106 valence electrons. The molecule has 0 saturated carbocycles. The van der Waals surface area contributed by atoms with Crippen molar-refractivity contribution in [2.24, 2.45) is 0 Å². The van der Waals surface area contributed by atoms with Crippen molar-refractivity contribution in [3.05, 3.63) is 59.0 Å². The molecule has 1 amide bonds. The summed E-state index contributed by atoms with van der Waals surface area (Å²) in [6.07, 6.45) is 0.791. The van der Waals surface area contributed by atoms with Gasteiger partial charge in [0, 0.05) is 12.1 Å². The van der Waals surface area contributed by atoms with Crippen LogP contribution in [0, 0.1) is 13.8 Å². The second kappa shape index (κ2) is 6.42. The predicted octanol–water partition coefficient (Wildman–Crippen LogP) is 3.71. The molecule has 0 aliphatic carbocycles. The van der Waals surface area contributed by atoms with Gasteiger partial charge in [-0.3, -0.25) is 4.79 Å². The summed E-state index contributed by atoms with van der Waals surface area (Å²) >= 11 is 0.